The molecule has 1 saturated heterocycles. The highest BCUT2D eigenvalue weighted by molar-refractivity contribution is 6.32. The molecule has 1 aromatic rings. The molecule has 6 nitrogen and oxygen atoms in total. The maximum atomic E-state index is 11.9. The number of ether oxygens (including phenoxy) is 1. The molecular weight excluding hydrogens is 272 g/mol. The van der Waals surface area contributed by atoms with Crippen molar-refractivity contribution in [3.05, 3.63) is 23.0 Å². The number of nitrogens with zero attached hydrogens (tertiary/aromatic N) is 1. The second-order valence-corrected chi connectivity index (χ2v) is 4.73. The minimum atomic E-state index is -1.05. The number of nitrogens with one attached hydrogen (secondary N) is 1. The smallest absolute Gasteiger partial charge is 0.332 e. The summed E-state index contributed by atoms with van der Waals surface area (Å²) in [4.78, 5) is 26.6. The molecule has 2 atom stereocenters. The van der Waals surface area contributed by atoms with Crippen molar-refractivity contribution in [2.75, 3.05) is 5.32 Å². The van der Waals surface area contributed by atoms with Crippen LogP contribution < -0.4 is 5.32 Å². The zero-order valence-electron chi connectivity index (χ0n) is 10.2. The number of hydrogen-bond acceptors (Lipinski definition) is 4. The molecule has 0 radical (unpaired) electrons. The first-order valence-corrected chi connectivity index (χ1v) is 6.16. The summed E-state index contributed by atoms with van der Waals surface area (Å²) in [6.45, 7) is 1.82. The average molecular weight is 285 g/mol. The van der Waals surface area contributed by atoms with E-state index in [0.717, 1.165) is 5.56 Å². The number of carboxylic acid groups (broad SMARTS) is 1. The molecule has 2 heterocycles. The third kappa shape index (κ3) is 3.21. The maximum Gasteiger partial charge on any atom is 0.332 e. The molecule has 0 aromatic carbocycles. The van der Waals surface area contributed by atoms with E-state index in [-0.39, 0.29) is 5.15 Å². The van der Waals surface area contributed by atoms with E-state index in [1.165, 1.54) is 0 Å². The number of pyridine rings is 1. The Hall–Kier alpha value is -1.66. The second kappa shape index (κ2) is 5.54. The van der Waals surface area contributed by atoms with E-state index >= 15 is 0 Å². The number of amides is 1. The highest BCUT2D eigenvalue weighted by atomic mass is 35.5. The molecule has 1 aliphatic rings. The average Bonchev–Trinajstić information content (AvgIpc) is 2.83. The molecule has 0 aliphatic carbocycles. The third-order valence-electron chi connectivity index (χ3n) is 2.82. The highest BCUT2D eigenvalue weighted by Gasteiger charge is 2.34. The topological polar surface area (TPSA) is 88.5 Å². The zero-order valence-corrected chi connectivity index (χ0v) is 11.0. The van der Waals surface area contributed by atoms with Crippen LogP contribution in [0.3, 0.4) is 0 Å². The van der Waals surface area contributed by atoms with E-state index in [9.17, 15) is 9.59 Å². The van der Waals surface area contributed by atoms with Crippen molar-refractivity contribution < 1.29 is 19.4 Å². The van der Waals surface area contributed by atoms with Crippen molar-refractivity contribution >= 4 is 29.2 Å². The molecule has 7 heteroatoms. The Labute approximate surface area is 114 Å². The number of aryl methyl sites for hydroxylation is 1. The summed E-state index contributed by atoms with van der Waals surface area (Å²) in [6, 6.07) is 1.69. The maximum absolute atomic E-state index is 11.9. The van der Waals surface area contributed by atoms with Crippen LogP contribution in [0, 0.1) is 6.92 Å². The number of hydrogen-bond donors (Lipinski definition) is 2. The molecule has 0 saturated carbocycles. The van der Waals surface area contributed by atoms with Crippen molar-refractivity contribution in [3.63, 3.8) is 0 Å². The van der Waals surface area contributed by atoms with Gasteiger partial charge in [-0.05, 0) is 31.4 Å². The van der Waals surface area contributed by atoms with Gasteiger partial charge >= 0.3 is 5.97 Å². The van der Waals surface area contributed by atoms with Gasteiger partial charge < -0.3 is 15.2 Å². The Balaban J connectivity index is 2.02. The van der Waals surface area contributed by atoms with Crippen LogP contribution in [0.5, 0.6) is 0 Å². The Morgan fingerprint density at radius 1 is 1.47 bits per heavy atom. The van der Waals surface area contributed by atoms with Gasteiger partial charge in [0, 0.05) is 6.20 Å². The monoisotopic (exact) mass is 284 g/mol. The first kappa shape index (κ1) is 13.8. The molecule has 102 valence electrons. The van der Waals surface area contributed by atoms with Crippen molar-refractivity contribution in [2.24, 2.45) is 0 Å². The Bertz CT molecular complexity index is 520. The summed E-state index contributed by atoms with van der Waals surface area (Å²) in [5.41, 5.74) is 1.25. The summed E-state index contributed by atoms with van der Waals surface area (Å²) in [6.07, 6.45) is 0.608. The van der Waals surface area contributed by atoms with E-state index in [4.69, 9.17) is 21.4 Å². The van der Waals surface area contributed by atoms with Crippen LogP contribution in [-0.2, 0) is 14.3 Å². The summed E-state index contributed by atoms with van der Waals surface area (Å²) in [5, 5.41) is 11.6. The van der Waals surface area contributed by atoms with Crippen molar-refractivity contribution in [2.45, 2.75) is 32.0 Å². The molecule has 1 amide bonds. The zero-order chi connectivity index (χ0) is 14.0. The predicted octanol–water partition coefficient (Wildman–Crippen LogP) is 1.61. The summed E-state index contributed by atoms with van der Waals surface area (Å²) in [5.74, 6) is -1.45. The highest BCUT2D eigenvalue weighted by Crippen LogP contribution is 2.24. The molecule has 2 unspecified atom stereocenters. The lowest BCUT2D eigenvalue weighted by Crippen LogP contribution is -2.30. The van der Waals surface area contributed by atoms with Gasteiger partial charge in [-0.3, -0.25) is 4.79 Å². The van der Waals surface area contributed by atoms with E-state index < -0.39 is 24.1 Å². The third-order valence-corrected chi connectivity index (χ3v) is 3.12. The minimum absolute atomic E-state index is 0.187. The fraction of sp³-hybridized carbons (Fsp3) is 0.417. The van der Waals surface area contributed by atoms with Gasteiger partial charge in [-0.2, -0.15) is 0 Å². The number of anilines is 1. The number of carbonyl (C=O) groups is 2. The lowest BCUT2D eigenvalue weighted by Gasteiger charge is -2.12. The molecule has 1 aliphatic heterocycles. The van der Waals surface area contributed by atoms with E-state index in [1.807, 2.05) is 6.92 Å². The molecule has 19 heavy (non-hydrogen) atoms. The molecule has 0 spiro atoms. The number of aromatic nitrogens is 1. The van der Waals surface area contributed by atoms with Gasteiger partial charge in [0.1, 0.15) is 6.10 Å². The van der Waals surface area contributed by atoms with Gasteiger partial charge in [-0.1, -0.05) is 11.6 Å². The molecule has 2 rings (SSSR count). The normalized spacial score (nSPS) is 22.2. The van der Waals surface area contributed by atoms with Crippen LogP contribution in [0.25, 0.3) is 0 Å². The van der Waals surface area contributed by atoms with Crippen LogP contribution >= 0.6 is 11.6 Å². The largest absolute Gasteiger partial charge is 0.479 e. The van der Waals surface area contributed by atoms with Gasteiger partial charge in [-0.15, -0.1) is 0 Å². The van der Waals surface area contributed by atoms with Crippen LogP contribution in [0.2, 0.25) is 5.15 Å². The molecule has 1 aromatic heterocycles. The van der Waals surface area contributed by atoms with Crippen LogP contribution in [0.15, 0.2) is 12.3 Å². The molecule has 0 bridgehead atoms. The Morgan fingerprint density at radius 3 is 2.79 bits per heavy atom. The Morgan fingerprint density at radius 2 is 2.16 bits per heavy atom. The SMILES string of the molecule is Cc1cnc(Cl)c(NC(=O)C2CCC(C(=O)O)O2)c1. The van der Waals surface area contributed by atoms with Crippen molar-refractivity contribution in [3.8, 4) is 0 Å². The van der Waals surface area contributed by atoms with Crippen LogP contribution in [-0.4, -0.2) is 34.2 Å². The van der Waals surface area contributed by atoms with Crippen molar-refractivity contribution in [1.29, 1.82) is 0 Å². The van der Waals surface area contributed by atoms with Gasteiger partial charge in [0.25, 0.3) is 5.91 Å². The van der Waals surface area contributed by atoms with Crippen LogP contribution in [0.4, 0.5) is 5.69 Å². The van der Waals surface area contributed by atoms with E-state index in [1.54, 1.807) is 12.3 Å². The summed E-state index contributed by atoms with van der Waals surface area (Å²) >= 11 is 5.87. The van der Waals surface area contributed by atoms with Gasteiger partial charge in [0.05, 0.1) is 5.69 Å². The van der Waals surface area contributed by atoms with E-state index in [0.29, 0.717) is 18.5 Å². The minimum Gasteiger partial charge on any atom is -0.479 e. The predicted molar refractivity (Wildman–Crippen MR) is 68.1 cm³/mol. The standard InChI is InChI=1S/C12H13ClN2O4/c1-6-4-7(10(13)14-5-6)15-11(16)8-2-3-9(19-8)12(17)18/h4-5,8-9H,2-3H2,1H3,(H,15,16)(H,17,18). The molecule has 2 N–H and O–H groups in total. The first-order valence-electron chi connectivity index (χ1n) is 5.78. The lowest BCUT2D eigenvalue weighted by atomic mass is 10.2. The summed E-state index contributed by atoms with van der Waals surface area (Å²) < 4.78 is 5.15. The van der Waals surface area contributed by atoms with Gasteiger partial charge in [0.15, 0.2) is 11.3 Å². The number of carbonyl (C=O) groups excluding carboxylic acids is 1. The lowest BCUT2D eigenvalue weighted by molar-refractivity contribution is -0.150. The number of halogens is 1. The number of rotatable bonds is 3. The van der Waals surface area contributed by atoms with Crippen molar-refractivity contribution in [1.82, 2.24) is 4.98 Å². The fourth-order valence-corrected chi connectivity index (χ4v) is 2.02. The number of aliphatic carboxylic acids is 1. The quantitative estimate of drug-likeness (QED) is 0.823. The Kier molecular flexibility index (Phi) is 4.01. The first-order chi connectivity index (χ1) is 8.97. The van der Waals surface area contributed by atoms with Gasteiger partial charge in [-0.25, -0.2) is 9.78 Å². The summed E-state index contributed by atoms with van der Waals surface area (Å²) in [7, 11) is 0. The molecule has 1 fully saturated rings. The van der Waals surface area contributed by atoms with Gasteiger partial charge in [0.2, 0.25) is 0 Å². The van der Waals surface area contributed by atoms with E-state index in [2.05, 4.69) is 10.3 Å². The molecular formula is C12H13ClN2O4. The second-order valence-electron chi connectivity index (χ2n) is 4.37. The fourth-order valence-electron chi connectivity index (χ4n) is 1.87. The number of carboxylic acids is 1. The van der Waals surface area contributed by atoms with Crippen LogP contribution in [0.1, 0.15) is 18.4 Å².